The van der Waals surface area contributed by atoms with Crippen molar-refractivity contribution in [3.05, 3.63) is 114 Å². The van der Waals surface area contributed by atoms with Crippen LogP contribution in [0.15, 0.2) is 97.1 Å². The van der Waals surface area contributed by atoms with Gasteiger partial charge in [0.15, 0.2) is 0 Å². The minimum atomic E-state index is -2.80. The molecule has 1 aliphatic heterocycles. The van der Waals surface area contributed by atoms with Gasteiger partial charge in [0, 0.05) is 0 Å². The average molecular weight is 854 g/mol. The fraction of sp³-hybridized carbons (Fsp3) is 0.314. The molecule has 2 nitrogen and oxygen atoms in total. The number of hydrogen-bond acceptors (Lipinski definition) is 2. The Hall–Kier alpha value is -1.44. The predicted molar refractivity (Wildman–Crippen MR) is 172 cm³/mol. The fourth-order valence-electron chi connectivity index (χ4n) is 5.79. The van der Waals surface area contributed by atoms with E-state index >= 15 is 0 Å². The van der Waals surface area contributed by atoms with Crippen LogP contribution in [-0.2, 0) is 17.4 Å². The summed E-state index contributed by atoms with van der Waals surface area (Å²) in [5.74, 6) is 1.17. The number of alkyl halides is 1. The van der Waals surface area contributed by atoms with Gasteiger partial charge in [-0.1, -0.05) is 0 Å². The zero-order chi connectivity index (χ0) is 28.7. The molecular formula is C35H41INOPTl. The zero-order valence-electron chi connectivity index (χ0n) is 24.9. The van der Waals surface area contributed by atoms with E-state index in [9.17, 15) is 0 Å². The molecule has 0 bridgehead atoms. The van der Waals surface area contributed by atoms with E-state index in [0.717, 1.165) is 10.7 Å². The zero-order valence-corrected chi connectivity index (χ0v) is 32.5. The van der Waals surface area contributed by atoms with Gasteiger partial charge in [0.2, 0.25) is 0 Å². The molecule has 0 unspecified atom stereocenters. The van der Waals surface area contributed by atoms with Gasteiger partial charge in [0.25, 0.3) is 0 Å². The van der Waals surface area contributed by atoms with Crippen molar-refractivity contribution in [2.75, 3.05) is 6.88 Å². The van der Waals surface area contributed by atoms with E-state index in [1.54, 1.807) is 0 Å². The molecule has 207 valence electrons. The van der Waals surface area contributed by atoms with E-state index in [1.807, 2.05) is 0 Å². The van der Waals surface area contributed by atoms with E-state index in [-0.39, 0.29) is 10.8 Å². The van der Waals surface area contributed by atoms with Gasteiger partial charge in [0.1, 0.15) is 0 Å². The Labute approximate surface area is 265 Å². The second kappa shape index (κ2) is 11.7. The molecule has 0 aliphatic carbocycles. The maximum absolute atomic E-state index is 7.10. The Morgan fingerprint density at radius 3 is 1.85 bits per heavy atom. The molecule has 1 heterocycles. The van der Waals surface area contributed by atoms with Crippen LogP contribution in [0, 0.1) is 0 Å². The van der Waals surface area contributed by atoms with Crippen molar-refractivity contribution in [3.8, 4) is 5.75 Å². The monoisotopic (exact) mass is 854 g/mol. The second-order valence-corrected chi connectivity index (χ2v) is 26.4. The van der Waals surface area contributed by atoms with Crippen molar-refractivity contribution in [2.24, 2.45) is 0 Å². The van der Waals surface area contributed by atoms with E-state index in [0.29, 0.717) is 0 Å². The molecule has 0 atom stereocenters. The summed E-state index contributed by atoms with van der Waals surface area (Å²) in [6.07, 6.45) is 0. The van der Waals surface area contributed by atoms with Crippen LogP contribution in [0.2, 0.25) is 4.48 Å². The standard InChI is InChI=1S/C34H39INOP.CH3.Tl/c1-33(2,3)26-21-25(32(37)29(22-26)34(4,5)6)23-36-30-19-13-14-20-31(30)38(24-35,27-15-9-7-10-16-27)28-17-11-8-12-18-28;;/h7-22,37H,23-24H2,1-6H3;1H3;/q-1;;+2/p-1. The summed E-state index contributed by atoms with van der Waals surface area (Å²) in [5.41, 5.74) is 5.57. The maximum atomic E-state index is 7.10. The first-order valence-corrected chi connectivity index (χ1v) is 26.1. The Bertz CT molecular complexity index is 1440. The van der Waals surface area contributed by atoms with Crippen LogP contribution in [0.5, 0.6) is 5.75 Å². The minimum absolute atomic E-state index is 0.0293. The number of nitrogens with zero attached hydrogens (tertiary/aromatic N) is 1. The summed E-state index contributed by atoms with van der Waals surface area (Å²) in [7, 11) is -1.90. The average Bonchev–Trinajstić information content (AvgIpc) is 2.93. The molecule has 5 rings (SSSR count). The third kappa shape index (κ3) is 5.64. The third-order valence-corrected chi connectivity index (χ3v) is 22.5. The Morgan fingerprint density at radius 2 is 1.32 bits per heavy atom. The second-order valence-electron chi connectivity index (χ2n) is 12.9. The van der Waals surface area contributed by atoms with Crippen LogP contribution in [-0.4, -0.2) is 27.6 Å². The summed E-state index contributed by atoms with van der Waals surface area (Å²) < 4.78 is 13.3. The summed E-state index contributed by atoms with van der Waals surface area (Å²) >= 11 is -0.149. The van der Waals surface area contributed by atoms with E-state index in [2.05, 4.69) is 168 Å². The van der Waals surface area contributed by atoms with Gasteiger partial charge >= 0.3 is 267 Å². The number of anilines is 1. The summed E-state index contributed by atoms with van der Waals surface area (Å²) in [5, 5.41) is 4.36. The van der Waals surface area contributed by atoms with Crippen molar-refractivity contribution in [1.82, 2.24) is 0 Å². The number of benzene rings is 4. The molecule has 0 saturated carbocycles. The molecule has 0 spiro atoms. The Balaban J connectivity index is 1.71. The van der Waals surface area contributed by atoms with Crippen molar-refractivity contribution >= 4 is 52.3 Å². The SMILES string of the molecule is [CH3][Tl]1[O]c2c(cc(C(C)(C)C)cc2C(C)(C)C)C[N]1c1ccccc1[P+](C[I-])(c1ccccc1)c1ccccc1. The number of para-hydroxylation sites is 1. The molecule has 40 heavy (non-hydrogen) atoms. The summed E-state index contributed by atoms with van der Waals surface area (Å²) in [6, 6.07) is 36.5. The van der Waals surface area contributed by atoms with E-state index < -0.39 is 30.7 Å². The molecular weight excluding hydrogens is 813 g/mol. The Kier molecular flexibility index (Phi) is 8.77. The van der Waals surface area contributed by atoms with Crippen LogP contribution >= 0.6 is 7.26 Å². The first kappa shape index (κ1) is 30.0. The van der Waals surface area contributed by atoms with Gasteiger partial charge in [-0.15, -0.1) is 0 Å². The van der Waals surface area contributed by atoms with Crippen molar-refractivity contribution in [3.63, 3.8) is 0 Å². The van der Waals surface area contributed by atoms with Gasteiger partial charge < -0.3 is 0 Å². The molecule has 0 aromatic heterocycles. The van der Waals surface area contributed by atoms with E-state index in [4.69, 9.17) is 2.69 Å². The summed E-state index contributed by atoms with van der Waals surface area (Å²) in [6.45, 7) is 14.8. The molecule has 4 aromatic rings. The molecule has 5 heteroatoms. The van der Waals surface area contributed by atoms with Crippen LogP contribution in [0.1, 0.15) is 58.2 Å². The summed E-state index contributed by atoms with van der Waals surface area (Å²) in [4.78, 5) is 0. The Morgan fingerprint density at radius 1 is 0.775 bits per heavy atom. The van der Waals surface area contributed by atoms with Crippen LogP contribution in [0.25, 0.3) is 0 Å². The van der Waals surface area contributed by atoms with Gasteiger partial charge in [-0.3, -0.25) is 0 Å². The fourth-order valence-corrected chi connectivity index (χ4v) is 20.3. The molecule has 0 N–H and O–H groups in total. The molecule has 0 amide bonds. The van der Waals surface area contributed by atoms with Gasteiger partial charge in [-0.2, -0.15) is 0 Å². The van der Waals surface area contributed by atoms with Gasteiger partial charge in [-0.25, -0.2) is 0 Å². The first-order valence-electron chi connectivity index (χ1n) is 14.2. The van der Waals surface area contributed by atoms with Crippen LogP contribution in [0.4, 0.5) is 5.69 Å². The van der Waals surface area contributed by atoms with Crippen molar-refractivity contribution < 1.29 is 25.3 Å². The number of rotatable bonds is 5. The third-order valence-electron chi connectivity index (χ3n) is 8.08. The van der Waals surface area contributed by atoms with Gasteiger partial charge in [-0.05, 0) is 0 Å². The molecule has 4 aromatic carbocycles. The predicted octanol–water partition coefficient (Wildman–Crippen LogP) is 4.60. The van der Waals surface area contributed by atoms with Crippen molar-refractivity contribution in [2.45, 2.75) is 63.4 Å². The number of halogens is 1. The number of fused-ring (bicyclic) bond motifs is 1. The first-order chi connectivity index (χ1) is 19.0. The van der Waals surface area contributed by atoms with Gasteiger partial charge in [0.05, 0.1) is 0 Å². The van der Waals surface area contributed by atoms with Crippen LogP contribution < -0.4 is 43.9 Å². The van der Waals surface area contributed by atoms with E-state index in [1.165, 1.54) is 44.0 Å². The normalized spacial score (nSPS) is 14.1. The van der Waals surface area contributed by atoms with Crippen molar-refractivity contribution in [1.29, 1.82) is 0 Å². The topological polar surface area (TPSA) is 12.5 Å². The molecule has 0 saturated heterocycles. The quantitative estimate of drug-likeness (QED) is 0.126. The molecule has 1 radical (unpaired) electrons. The van der Waals surface area contributed by atoms with Crippen LogP contribution in [0.3, 0.4) is 0 Å². The molecule has 1 aliphatic rings. The molecule has 0 fully saturated rings. The number of hydrogen-bond donors (Lipinski definition) is 0.